The minimum atomic E-state index is -0.630. The van der Waals surface area contributed by atoms with Crippen LogP contribution in [-0.4, -0.2) is 60.2 Å². The summed E-state index contributed by atoms with van der Waals surface area (Å²) in [5.41, 5.74) is -0.0828. The van der Waals surface area contributed by atoms with Crippen LogP contribution < -0.4 is 5.32 Å². The summed E-state index contributed by atoms with van der Waals surface area (Å²) in [6, 6.07) is 3.82. The molecule has 0 aliphatic carbocycles. The number of hydrogen-bond acceptors (Lipinski definition) is 3. The van der Waals surface area contributed by atoms with Crippen LogP contribution >= 0.6 is 11.6 Å². The second-order valence-corrected chi connectivity index (χ2v) is 5.66. The van der Waals surface area contributed by atoms with Crippen LogP contribution in [0.2, 0.25) is 5.02 Å². The van der Waals surface area contributed by atoms with Crippen molar-refractivity contribution >= 4 is 29.3 Å². The maximum atomic E-state index is 13.8. The molecule has 1 aromatic rings. The lowest BCUT2D eigenvalue weighted by Gasteiger charge is -2.34. The van der Waals surface area contributed by atoms with E-state index in [1.54, 1.807) is 4.90 Å². The largest absolute Gasteiger partial charge is 0.343 e. The van der Waals surface area contributed by atoms with Gasteiger partial charge in [-0.3, -0.25) is 14.4 Å². The van der Waals surface area contributed by atoms with Gasteiger partial charge in [0.25, 0.3) is 5.91 Å². The Morgan fingerprint density at radius 3 is 2.46 bits per heavy atom. The maximum Gasteiger partial charge on any atom is 0.257 e. The fourth-order valence-corrected chi connectivity index (χ4v) is 2.51. The van der Waals surface area contributed by atoms with E-state index in [-0.39, 0.29) is 36.1 Å². The molecule has 128 valence electrons. The van der Waals surface area contributed by atoms with E-state index in [4.69, 9.17) is 11.6 Å². The van der Waals surface area contributed by atoms with E-state index in [0.29, 0.717) is 13.1 Å². The minimum Gasteiger partial charge on any atom is -0.343 e. The van der Waals surface area contributed by atoms with Gasteiger partial charge in [0, 0.05) is 31.2 Å². The first kappa shape index (κ1) is 17.9. The van der Waals surface area contributed by atoms with Gasteiger partial charge in [0.15, 0.2) is 0 Å². The molecule has 0 atom stereocenters. The fourth-order valence-electron chi connectivity index (χ4n) is 2.34. The third-order valence-electron chi connectivity index (χ3n) is 3.68. The minimum absolute atomic E-state index is 0.0828. The van der Waals surface area contributed by atoms with Crippen LogP contribution in [0.1, 0.15) is 10.4 Å². The van der Waals surface area contributed by atoms with Gasteiger partial charge < -0.3 is 15.1 Å². The second-order valence-electron chi connectivity index (χ2n) is 5.22. The van der Waals surface area contributed by atoms with E-state index < -0.39 is 17.6 Å². The molecule has 1 fully saturated rings. The first-order chi connectivity index (χ1) is 11.4. The Bertz CT molecular complexity index is 673. The molecule has 8 heteroatoms. The Labute approximate surface area is 143 Å². The first-order valence-electron chi connectivity index (χ1n) is 7.34. The molecular formula is C16H17ClFN3O3. The number of carbonyl (C=O) groups is 3. The molecular weight excluding hydrogens is 337 g/mol. The topological polar surface area (TPSA) is 69.7 Å². The number of benzene rings is 1. The Morgan fingerprint density at radius 1 is 1.21 bits per heavy atom. The zero-order valence-corrected chi connectivity index (χ0v) is 13.7. The monoisotopic (exact) mass is 353 g/mol. The predicted molar refractivity (Wildman–Crippen MR) is 87.1 cm³/mol. The molecule has 1 heterocycles. The normalized spacial score (nSPS) is 14.2. The van der Waals surface area contributed by atoms with Crippen LogP contribution in [0.25, 0.3) is 0 Å². The molecule has 0 spiro atoms. The lowest BCUT2D eigenvalue weighted by molar-refractivity contribution is -0.133. The van der Waals surface area contributed by atoms with Gasteiger partial charge in [0.1, 0.15) is 5.82 Å². The van der Waals surface area contributed by atoms with E-state index >= 15 is 0 Å². The first-order valence-corrected chi connectivity index (χ1v) is 7.72. The van der Waals surface area contributed by atoms with Gasteiger partial charge in [-0.05, 0) is 24.3 Å². The number of piperazine rings is 1. The summed E-state index contributed by atoms with van der Waals surface area (Å²) in [5.74, 6) is -1.75. The van der Waals surface area contributed by atoms with Crippen molar-refractivity contribution in [1.29, 1.82) is 0 Å². The number of nitrogens with zero attached hydrogens (tertiary/aromatic N) is 2. The predicted octanol–water partition coefficient (Wildman–Crippen LogP) is 1.07. The van der Waals surface area contributed by atoms with Gasteiger partial charge in [0.2, 0.25) is 11.8 Å². The Morgan fingerprint density at radius 2 is 1.83 bits per heavy atom. The Balaban J connectivity index is 1.91. The SMILES string of the molecule is C=CC(=O)NCC(=O)N1CCN(C(=O)c2cc(Cl)ccc2F)CC1. The van der Waals surface area contributed by atoms with Crippen molar-refractivity contribution in [2.24, 2.45) is 0 Å². The van der Waals surface area contributed by atoms with Gasteiger partial charge in [-0.1, -0.05) is 18.2 Å². The molecule has 0 aromatic heterocycles. The van der Waals surface area contributed by atoms with Crippen LogP contribution in [0.5, 0.6) is 0 Å². The van der Waals surface area contributed by atoms with Gasteiger partial charge in [-0.2, -0.15) is 0 Å². The van der Waals surface area contributed by atoms with Crippen LogP contribution in [0.4, 0.5) is 4.39 Å². The van der Waals surface area contributed by atoms with Gasteiger partial charge in [-0.15, -0.1) is 0 Å². The quantitative estimate of drug-likeness (QED) is 0.823. The zero-order valence-electron chi connectivity index (χ0n) is 12.9. The van der Waals surface area contributed by atoms with Gasteiger partial charge >= 0.3 is 0 Å². The van der Waals surface area contributed by atoms with Crippen LogP contribution in [-0.2, 0) is 9.59 Å². The van der Waals surface area contributed by atoms with Crippen LogP contribution in [0, 0.1) is 5.82 Å². The van der Waals surface area contributed by atoms with Crippen molar-refractivity contribution in [3.8, 4) is 0 Å². The third-order valence-corrected chi connectivity index (χ3v) is 3.91. The highest BCUT2D eigenvalue weighted by Crippen LogP contribution is 2.17. The molecule has 1 aliphatic rings. The van der Waals surface area contributed by atoms with Crippen LogP contribution in [0.3, 0.4) is 0 Å². The van der Waals surface area contributed by atoms with E-state index in [0.717, 1.165) is 12.1 Å². The smallest absolute Gasteiger partial charge is 0.257 e. The van der Waals surface area contributed by atoms with E-state index in [9.17, 15) is 18.8 Å². The van der Waals surface area contributed by atoms with Crippen molar-refractivity contribution in [1.82, 2.24) is 15.1 Å². The molecule has 24 heavy (non-hydrogen) atoms. The molecule has 3 amide bonds. The summed E-state index contributed by atoms with van der Waals surface area (Å²) in [6.45, 7) is 4.38. The molecule has 0 bridgehead atoms. The summed E-state index contributed by atoms with van der Waals surface area (Å²) in [4.78, 5) is 38.4. The molecule has 0 saturated carbocycles. The molecule has 1 aromatic carbocycles. The summed E-state index contributed by atoms with van der Waals surface area (Å²) in [5, 5.41) is 2.69. The molecule has 0 unspecified atom stereocenters. The second kappa shape index (κ2) is 7.92. The number of carbonyl (C=O) groups excluding carboxylic acids is 3. The van der Waals surface area contributed by atoms with Gasteiger partial charge in [-0.25, -0.2) is 4.39 Å². The summed E-state index contributed by atoms with van der Waals surface area (Å²) in [7, 11) is 0. The maximum absolute atomic E-state index is 13.8. The summed E-state index contributed by atoms with van der Waals surface area (Å²) in [6.07, 6.45) is 1.09. The highest BCUT2D eigenvalue weighted by atomic mass is 35.5. The van der Waals surface area contributed by atoms with Crippen molar-refractivity contribution in [3.63, 3.8) is 0 Å². The molecule has 1 N–H and O–H groups in total. The zero-order chi connectivity index (χ0) is 17.7. The highest BCUT2D eigenvalue weighted by molar-refractivity contribution is 6.31. The number of halogens is 2. The van der Waals surface area contributed by atoms with Crippen molar-refractivity contribution in [3.05, 3.63) is 47.3 Å². The lowest BCUT2D eigenvalue weighted by atomic mass is 10.1. The van der Waals surface area contributed by atoms with Crippen molar-refractivity contribution in [2.45, 2.75) is 0 Å². The third kappa shape index (κ3) is 4.32. The fraction of sp³-hybridized carbons (Fsp3) is 0.312. The van der Waals surface area contributed by atoms with Gasteiger partial charge in [0.05, 0.1) is 12.1 Å². The molecule has 2 rings (SSSR count). The molecule has 1 aliphatic heterocycles. The Hall–Kier alpha value is -2.41. The Kier molecular flexibility index (Phi) is 5.92. The number of hydrogen-bond donors (Lipinski definition) is 1. The number of amides is 3. The average molecular weight is 354 g/mol. The van der Waals surface area contributed by atoms with Crippen molar-refractivity contribution in [2.75, 3.05) is 32.7 Å². The molecule has 6 nitrogen and oxygen atoms in total. The number of rotatable bonds is 4. The van der Waals surface area contributed by atoms with E-state index in [1.165, 1.54) is 17.0 Å². The van der Waals surface area contributed by atoms with Crippen molar-refractivity contribution < 1.29 is 18.8 Å². The lowest BCUT2D eigenvalue weighted by Crippen LogP contribution is -2.52. The summed E-state index contributed by atoms with van der Waals surface area (Å²) < 4.78 is 13.8. The van der Waals surface area contributed by atoms with Crippen LogP contribution in [0.15, 0.2) is 30.9 Å². The highest BCUT2D eigenvalue weighted by Gasteiger charge is 2.26. The van der Waals surface area contributed by atoms with E-state index in [2.05, 4.69) is 11.9 Å². The standard InChI is InChI=1S/C16H17ClFN3O3/c1-2-14(22)19-10-15(23)20-5-7-21(8-6-20)16(24)12-9-11(17)3-4-13(12)18/h2-4,9H,1,5-8,10H2,(H,19,22). The van der Waals surface area contributed by atoms with E-state index in [1.807, 2.05) is 0 Å². The molecule has 0 radical (unpaired) electrons. The molecule has 1 saturated heterocycles. The average Bonchev–Trinajstić information content (AvgIpc) is 2.60. The number of nitrogens with one attached hydrogen (secondary N) is 1. The summed E-state index contributed by atoms with van der Waals surface area (Å²) >= 11 is 5.81.